The molecule has 1 aromatic carbocycles. The number of aryl methyl sites for hydroxylation is 2. The second-order valence-corrected chi connectivity index (χ2v) is 7.45. The van der Waals surface area contributed by atoms with Crippen LogP contribution in [0, 0.1) is 27.7 Å². The number of rotatable bonds is 3. The van der Waals surface area contributed by atoms with Gasteiger partial charge < -0.3 is 0 Å². The van der Waals surface area contributed by atoms with Gasteiger partial charge in [0.25, 0.3) is 0 Å². The summed E-state index contributed by atoms with van der Waals surface area (Å²) in [5.41, 5.74) is 5.47. The molecule has 0 spiro atoms. The molecule has 96 valence electrons. The Bertz CT molecular complexity index is 507. The van der Waals surface area contributed by atoms with E-state index in [2.05, 4.69) is 6.07 Å². The summed E-state index contributed by atoms with van der Waals surface area (Å²) in [6.45, 7) is 8.04. The maximum absolute atomic E-state index is 11.3. The minimum atomic E-state index is -3.06. The standard InChI is InChI=1S/C13H19ClO2S/c1-8-6-9(2)11(4)13(10(8)3)12(14)7-17(5,15)16/h6,12H,7H2,1-5H3. The Morgan fingerprint density at radius 1 is 1.12 bits per heavy atom. The highest BCUT2D eigenvalue weighted by Crippen LogP contribution is 2.32. The Morgan fingerprint density at radius 2 is 1.53 bits per heavy atom. The second kappa shape index (κ2) is 4.99. The van der Waals surface area contributed by atoms with Gasteiger partial charge >= 0.3 is 0 Å². The molecule has 0 fully saturated rings. The average molecular weight is 275 g/mol. The molecule has 4 heteroatoms. The fourth-order valence-electron chi connectivity index (χ4n) is 2.07. The van der Waals surface area contributed by atoms with Gasteiger partial charge in [-0.15, -0.1) is 11.6 Å². The minimum absolute atomic E-state index is 0.0148. The molecule has 1 unspecified atom stereocenters. The number of benzene rings is 1. The topological polar surface area (TPSA) is 34.1 Å². The van der Waals surface area contributed by atoms with E-state index in [0.717, 1.165) is 27.8 Å². The highest BCUT2D eigenvalue weighted by molar-refractivity contribution is 7.90. The van der Waals surface area contributed by atoms with Crippen LogP contribution in [-0.2, 0) is 9.84 Å². The van der Waals surface area contributed by atoms with Gasteiger partial charge in [0.2, 0.25) is 0 Å². The predicted molar refractivity (Wildman–Crippen MR) is 73.7 cm³/mol. The fourth-order valence-corrected chi connectivity index (χ4v) is 3.78. The lowest BCUT2D eigenvalue weighted by atomic mass is 9.92. The Hall–Kier alpha value is -0.540. The summed E-state index contributed by atoms with van der Waals surface area (Å²) < 4.78 is 22.6. The first-order valence-corrected chi connectivity index (χ1v) is 8.02. The van der Waals surface area contributed by atoms with Gasteiger partial charge in [0.15, 0.2) is 0 Å². The van der Waals surface area contributed by atoms with E-state index in [1.165, 1.54) is 6.26 Å². The van der Waals surface area contributed by atoms with E-state index < -0.39 is 15.2 Å². The third-order valence-corrected chi connectivity index (χ3v) is 4.68. The largest absolute Gasteiger partial charge is 0.229 e. The normalized spacial score (nSPS) is 13.8. The molecule has 0 aliphatic rings. The molecular formula is C13H19ClO2S. The number of halogens is 1. The summed E-state index contributed by atoms with van der Waals surface area (Å²) in [4.78, 5) is 0. The van der Waals surface area contributed by atoms with Gasteiger partial charge in [-0.2, -0.15) is 0 Å². The molecule has 0 amide bonds. The predicted octanol–water partition coefficient (Wildman–Crippen LogP) is 3.24. The Kier molecular flexibility index (Phi) is 4.26. The maximum atomic E-state index is 11.3. The number of sulfone groups is 1. The summed E-state index contributed by atoms with van der Waals surface area (Å²) >= 11 is 6.27. The van der Waals surface area contributed by atoms with Gasteiger partial charge in [-0.1, -0.05) is 6.07 Å². The van der Waals surface area contributed by atoms with Gasteiger partial charge in [-0.3, -0.25) is 0 Å². The molecule has 1 atom stereocenters. The zero-order chi connectivity index (χ0) is 13.4. The van der Waals surface area contributed by atoms with Crippen molar-refractivity contribution in [3.8, 4) is 0 Å². The van der Waals surface area contributed by atoms with Crippen LogP contribution in [0.15, 0.2) is 6.07 Å². The van der Waals surface area contributed by atoms with Crippen molar-refractivity contribution in [1.82, 2.24) is 0 Å². The van der Waals surface area contributed by atoms with Gasteiger partial charge in [-0.25, -0.2) is 8.42 Å². The lowest BCUT2D eigenvalue weighted by molar-refractivity contribution is 0.600. The van der Waals surface area contributed by atoms with E-state index in [9.17, 15) is 8.42 Å². The Labute approximate surface area is 109 Å². The summed E-state index contributed by atoms with van der Waals surface area (Å²) in [6, 6.07) is 2.11. The fraction of sp³-hybridized carbons (Fsp3) is 0.538. The maximum Gasteiger partial charge on any atom is 0.149 e. The molecule has 0 bridgehead atoms. The van der Waals surface area contributed by atoms with Crippen LogP contribution < -0.4 is 0 Å². The summed E-state index contributed by atoms with van der Waals surface area (Å²) in [7, 11) is -3.06. The molecule has 0 radical (unpaired) electrons. The van der Waals surface area contributed by atoms with Gasteiger partial charge in [-0.05, 0) is 55.5 Å². The number of hydrogen-bond donors (Lipinski definition) is 0. The summed E-state index contributed by atoms with van der Waals surface area (Å²) in [5.74, 6) is -0.0148. The lowest BCUT2D eigenvalue weighted by Crippen LogP contribution is -2.12. The average Bonchev–Trinajstić information content (AvgIpc) is 2.12. The van der Waals surface area contributed by atoms with Gasteiger partial charge in [0.1, 0.15) is 9.84 Å². The molecule has 1 rings (SSSR count). The van der Waals surface area contributed by atoms with Gasteiger partial charge in [0.05, 0.1) is 11.1 Å². The van der Waals surface area contributed by atoms with Crippen molar-refractivity contribution in [3.63, 3.8) is 0 Å². The highest BCUT2D eigenvalue weighted by Gasteiger charge is 2.20. The quantitative estimate of drug-likeness (QED) is 0.793. The molecule has 0 saturated carbocycles. The first kappa shape index (κ1) is 14.5. The van der Waals surface area contributed by atoms with E-state index in [4.69, 9.17) is 11.6 Å². The zero-order valence-electron chi connectivity index (χ0n) is 11.0. The molecule has 0 heterocycles. The zero-order valence-corrected chi connectivity index (χ0v) is 12.5. The van der Waals surface area contributed by atoms with Crippen LogP contribution in [0.1, 0.15) is 33.2 Å². The van der Waals surface area contributed by atoms with Crippen LogP contribution in [0.3, 0.4) is 0 Å². The molecule has 1 aromatic rings. The van der Waals surface area contributed by atoms with Crippen molar-refractivity contribution in [2.75, 3.05) is 12.0 Å². The van der Waals surface area contributed by atoms with Crippen molar-refractivity contribution in [3.05, 3.63) is 33.9 Å². The molecular weight excluding hydrogens is 256 g/mol. The minimum Gasteiger partial charge on any atom is -0.229 e. The van der Waals surface area contributed by atoms with Crippen LogP contribution in [-0.4, -0.2) is 20.4 Å². The van der Waals surface area contributed by atoms with E-state index in [-0.39, 0.29) is 5.75 Å². The monoisotopic (exact) mass is 274 g/mol. The first-order chi connectivity index (χ1) is 7.63. The molecule has 17 heavy (non-hydrogen) atoms. The third-order valence-electron chi connectivity index (χ3n) is 3.19. The molecule has 2 nitrogen and oxygen atoms in total. The first-order valence-electron chi connectivity index (χ1n) is 5.52. The van der Waals surface area contributed by atoms with E-state index in [0.29, 0.717) is 0 Å². The van der Waals surface area contributed by atoms with E-state index in [1.54, 1.807) is 0 Å². The second-order valence-electron chi connectivity index (χ2n) is 4.73. The van der Waals surface area contributed by atoms with Crippen LogP contribution in [0.5, 0.6) is 0 Å². The van der Waals surface area contributed by atoms with Crippen molar-refractivity contribution < 1.29 is 8.42 Å². The van der Waals surface area contributed by atoms with E-state index in [1.807, 2.05) is 27.7 Å². The molecule has 0 aromatic heterocycles. The van der Waals surface area contributed by atoms with Crippen LogP contribution in [0.25, 0.3) is 0 Å². The van der Waals surface area contributed by atoms with Crippen molar-refractivity contribution >= 4 is 21.4 Å². The molecule has 0 N–H and O–H groups in total. The smallest absolute Gasteiger partial charge is 0.149 e. The van der Waals surface area contributed by atoms with Gasteiger partial charge in [0, 0.05) is 6.26 Å². The van der Waals surface area contributed by atoms with Crippen molar-refractivity contribution in [2.24, 2.45) is 0 Å². The highest BCUT2D eigenvalue weighted by atomic mass is 35.5. The Morgan fingerprint density at radius 3 is 1.88 bits per heavy atom. The van der Waals surface area contributed by atoms with Crippen molar-refractivity contribution in [1.29, 1.82) is 0 Å². The molecule has 0 saturated heterocycles. The molecule has 0 aliphatic carbocycles. The SMILES string of the molecule is Cc1cc(C)c(C)c(C(Cl)CS(C)(=O)=O)c1C. The summed E-state index contributed by atoms with van der Waals surface area (Å²) in [6.07, 6.45) is 1.22. The summed E-state index contributed by atoms with van der Waals surface area (Å²) in [5, 5.41) is -0.469. The van der Waals surface area contributed by atoms with Crippen LogP contribution in [0.2, 0.25) is 0 Å². The van der Waals surface area contributed by atoms with Crippen LogP contribution in [0.4, 0.5) is 0 Å². The number of alkyl halides is 1. The van der Waals surface area contributed by atoms with Crippen molar-refractivity contribution in [2.45, 2.75) is 33.1 Å². The third kappa shape index (κ3) is 3.46. The Balaban J connectivity index is 3.31. The van der Waals surface area contributed by atoms with Crippen LogP contribution >= 0.6 is 11.6 Å². The number of hydrogen-bond acceptors (Lipinski definition) is 2. The van der Waals surface area contributed by atoms with E-state index >= 15 is 0 Å². The molecule has 0 aliphatic heterocycles. The lowest BCUT2D eigenvalue weighted by Gasteiger charge is -2.19.